The van der Waals surface area contributed by atoms with Gasteiger partial charge in [-0.2, -0.15) is 0 Å². The lowest BCUT2D eigenvalue weighted by molar-refractivity contribution is -0.136. The molecule has 0 aromatic heterocycles. The average Bonchev–Trinajstić information content (AvgIpc) is 2.38. The lowest BCUT2D eigenvalue weighted by Gasteiger charge is -2.42. The van der Waals surface area contributed by atoms with E-state index in [-0.39, 0.29) is 5.91 Å². The second-order valence-corrected chi connectivity index (χ2v) is 4.85. The van der Waals surface area contributed by atoms with Crippen molar-refractivity contribution in [1.29, 1.82) is 0 Å². The van der Waals surface area contributed by atoms with Crippen LogP contribution < -0.4 is 5.32 Å². The number of carbonyl (C=O) groups is 1. The molecule has 1 heterocycles. The largest absolute Gasteiger partial charge is 0.337 e. The average molecular weight is 210 g/mol. The smallest absolute Gasteiger partial charge is 0.219 e. The van der Waals surface area contributed by atoms with Crippen molar-refractivity contribution in [3.63, 3.8) is 0 Å². The van der Waals surface area contributed by atoms with Gasteiger partial charge in [-0.25, -0.2) is 0 Å². The topological polar surface area (TPSA) is 32.3 Å². The standard InChI is InChI=1S/C12H22N2O/c1-10(15)14(11-4-2-5-11)12-6-3-8-13-9-7-12/h11-13H,2-9H2,1H3. The van der Waals surface area contributed by atoms with E-state index in [0.717, 1.165) is 19.5 Å². The van der Waals surface area contributed by atoms with Crippen molar-refractivity contribution in [2.24, 2.45) is 0 Å². The molecule has 0 spiro atoms. The summed E-state index contributed by atoms with van der Waals surface area (Å²) < 4.78 is 0. The minimum absolute atomic E-state index is 0.284. The van der Waals surface area contributed by atoms with Crippen LogP contribution >= 0.6 is 0 Å². The number of nitrogens with one attached hydrogen (secondary N) is 1. The molecule has 2 aliphatic rings. The third-order valence-corrected chi connectivity index (χ3v) is 3.77. The predicted octanol–water partition coefficient (Wildman–Crippen LogP) is 1.53. The highest BCUT2D eigenvalue weighted by Gasteiger charge is 2.32. The summed E-state index contributed by atoms with van der Waals surface area (Å²) in [5, 5.41) is 3.41. The second kappa shape index (κ2) is 4.97. The van der Waals surface area contributed by atoms with Gasteiger partial charge in [0.05, 0.1) is 0 Å². The molecule has 1 saturated carbocycles. The quantitative estimate of drug-likeness (QED) is 0.749. The zero-order valence-corrected chi connectivity index (χ0v) is 9.67. The summed E-state index contributed by atoms with van der Waals surface area (Å²) in [5.41, 5.74) is 0. The summed E-state index contributed by atoms with van der Waals surface area (Å²) in [7, 11) is 0. The van der Waals surface area contributed by atoms with E-state index < -0.39 is 0 Å². The van der Waals surface area contributed by atoms with Crippen molar-refractivity contribution in [2.75, 3.05) is 13.1 Å². The van der Waals surface area contributed by atoms with E-state index in [1.165, 1.54) is 32.1 Å². The number of amides is 1. The van der Waals surface area contributed by atoms with E-state index in [4.69, 9.17) is 0 Å². The van der Waals surface area contributed by atoms with Crippen molar-refractivity contribution < 1.29 is 4.79 Å². The van der Waals surface area contributed by atoms with E-state index >= 15 is 0 Å². The minimum atomic E-state index is 0.284. The highest BCUT2D eigenvalue weighted by Crippen LogP contribution is 2.29. The molecule has 1 saturated heterocycles. The van der Waals surface area contributed by atoms with Crippen molar-refractivity contribution in [1.82, 2.24) is 10.2 Å². The fraction of sp³-hybridized carbons (Fsp3) is 0.917. The van der Waals surface area contributed by atoms with Crippen molar-refractivity contribution in [2.45, 2.75) is 57.5 Å². The minimum Gasteiger partial charge on any atom is -0.337 e. The van der Waals surface area contributed by atoms with Gasteiger partial charge in [0.25, 0.3) is 0 Å². The van der Waals surface area contributed by atoms with Gasteiger partial charge in [0.15, 0.2) is 0 Å². The van der Waals surface area contributed by atoms with Gasteiger partial charge in [0.1, 0.15) is 0 Å². The third kappa shape index (κ3) is 2.51. The van der Waals surface area contributed by atoms with Gasteiger partial charge in [-0.15, -0.1) is 0 Å². The summed E-state index contributed by atoms with van der Waals surface area (Å²) in [4.78, 5) is 13.9. The van der Waals surface area contributed by atoms with Gasteiger partial charge in [0.2, 0.25) is 5.91 Å². The first-order valence-corrected chi connectivity index (χ1v) is 6.28. The van der Waals surface area contributed by atoms with E-state index in [2.05, 4.69) is 10.2 Å². The van der Waals surface area contributed by atoms with Crippen LogP contribution in [0.1, 0.15) is 45.4 Å². The molecule has 2 rings (SSSR count). The monoisotopic (exact) mass is 210 g/mol. The van der Waals surface area contributed by atoms with Crippen LogP contribution in [0.15, 0.2) is 0 Å². The normalized spacial score (nSPS) is 27.9. The Morgan fingerprint density at radius 3 is 2.33 bits per heavy atom. The first kappa shape index (κ1) is 10.9. The van der Waals surface area contributed by atoms with E-state index in [9.17, 15) is 4.79 Å². The first-order valence-electron chi connectivity index (χ1n) is 6.28. The molecule has 1 aliphatic heterocycles. The van der Waals surface area contributed by atoms with Crippen LogP contribution in [0.25, 0.3) is 0 Å². The Kier molecular flexibility index (Phi) is 3.62. The number of rotatable bonds is 2. The van der Waals surface area contributed by atoms with Crippen LogP contribution in [0.5, 0.6) is 0 Å². The summed E-state index contributed by atoms with van der Waals surface area (Å²) >= 11 is 0. The molecule has 0 aromatic carbocycles. The molecule has 1 aliphatic carbocycles. The van der Waals surface area contributed by atoms with Crippen LogP contribution in [-0.2, 0) is 4.79 Å². The summed E-state index contributed by atoms with van der Waals surface area (Å²) in [6.45, 7) is 3.92. The van der Waals surface area contributed by atoms with Crippen LogP contribution in [0.3, 0.4) is 0 Å². The van der Waals surface area contributed by atoms with Gasteiger partial charge in [-0.1, -0.05) is 0 Å². The number of hydrogen-bond acceptors (Lipinski definition) is 2. The molecule has 3 heteroatoms. The summed E-state index contributed by atoms with van der Waals surface area (Å²) in [6, 6.07) is 1.06. The van der Waals surface area contributed by atoms with Gasteiger partial charge in [-0.05, 0) is 51.6 Å². The Labute approximate surface area is 92.2 Å². The highest BCUT2D eigenvalue weighted by atomic mass is 16.2. The van der Waals surface area contributed by atoms with E-state index in [1.54, 1.807) is 6.92 Å². The molecule has 1 amide bonds. The van der Waals surface area contributed by atoms with Crippen LogP contribution in [0, 0.1) is 0 Å². The van der Waals surface area contributed by atoms with Gasteiger partial charge in [-0.3, -0.25) is 4.79 Å². The summed E-state index contributed by atoms with van der Waals surface area (Å²) in [5.74, 6) is 0.284. The van der Waals surface area contributed by atoms with Crippen molar-refractivity contribution >= 4 is 5.91 Å². The maximum atomic E-state index is 11.7. The molecule has 86 valence electrons. The SMILES string of the molecule is CC(=O)N(C1CCC1)C1CCCNCC1. The maximum absolute atomic E-state index is 11.7. The molecule has 2 fully saturated rings. The molecule has 0 aromatic rings. The fourth-order valence-electron chi connectivity index (χ4n) is 2.76. The molecule has 3 nitrogen and oxygen atoms in total. The van der Waals surface area contributed by atoms with Crippen molar-refractivity contribution in [3.05, 3.63) is 0 Å². The lowest BCUT2D eigenvalue weighted by Crippen LogP contribution is -2.49. The fourth-order valence-corrected chi connectivity index (χ4v) is 2.76. The second-order valence-electron chi connectivity index (χ2n) is 4.85. The third-order valence-electron chi connectivity index (χ3n) is 3.77. The highest BCUT2D eigenvalue weighted by molar-refractivity contribution is 5.74. The van der Waals surface area contributed by atoms with Gasteiger partial charge in [0, 0.05) is 19.0 Å². The van der Waals surface area contributed by atoms with Crippen LogP contribution in [0.2, 0.25) is 0 Å². The Balaban J connectivity index is 1.98. The molecule has 1 unspecified atom stereocenters. The maximum Gasteiger partial charge on any atom is 0.219 e. The Hall–Kier alpha value is -0.570. The predicted molar refractivity (Wildman–Crippen MR) is 60.7 cm³/mol. The number of carbonyl (C=O) groups excluding carboxylic acids is 1. The Morgan fingerprint density at radius 2 is 1.73 bits per heavy atom. The van der Waals surface area contributed by atoms with Gasteiger partial charge >= 0.3 is 0 Å². The summed E-state index contributed by atoms with van der Waals surface area (Å²) in [6.07, 6.45) is 7.28. The molecule has 1 N–H and O–H groups in total. The number of hydrogen-bond donors (Lipinski definition) is 1. The molecular formula is C12H22N2O. The zero-order valence-electron chi connectivity index (χ0n) is 9.67. The number of nitrogens with zero attached hydrogens (tertiary/aromatic N) is 1. The molecule has 0 bridgehead atoms. The van der Waals surface area contributed by atoms with Crippen molar-refractivity contribution in [3.8, 4) is 0 Å². The van der Waals surface area contributed by atoms with E-state index in [0.29, 0.717) is 12.1 Å². The van der Waals surface area contributed by atoms with E-state index in [1.807, 2.05) is 0 Å². The molecule has 15 heavy (non-hydrogen) atoms. The van der Waals surface area contributed by atoms with Gasteiger partial charge < -0.3 is 10.2 Å². The van der Waals surface area contributed by atoms with Crippen LogP contribution in [0.4, 0.5) is 0 Å². The molecule has 1 atom stereocenters. The molecular weight excluding hydrogens is 188 g/mol. The Bertz CT molecular complexity index is 218. The lowest BCUT2D eigenvalue weighted by atomic mass is 9.89. The van der Waals surface area contributed by atoms with Crippen LogP contribution in [-0.4, -0.2) is 36.0 Å². The first-order chi connectivity index (χ1) is 7.29. The zero-order chi connectivity index (χ0) is 10.7. The Morgan fingerprint density at radius 1 is 1.07 bits per heavy atom. The molecule has 0 radical (unpaired) electrons.